The van der Waals surface area contributed by atoms with Gasteiger partial charge in [0.05, 0.1) is 11.3 Å². The molecule has 1 aliphatic rings. The van der Waals surface area contributed by atoms with E-state index in [1.807, 2.05) is 13.0 Å². The SMILES string of the molecule is Cc1nc(N)nc(N2CCC(N)CC2)c1C#Cc1ccc(N)nc1. The van der Waals surface area contributed by atoms with Gasteiger partial charge in [-0.2, -0.15) is 4.98 Å². The van der Waals surface area contributed by atoms with E-state index in [-0.39, 0.29) is 12.0 Å². The fourth-order valence-corrected chi connectivity index (χ4v) is 2.68. The first-order valence-corrected chi connectivity index (χ1v) is 7.91. The lowest BCUT2D eigenvalue weighted by Crippen LogP contribution is -2.40. The van der Waals surface area contributed by atoms with Gasteiger partial charge in [-0.25, -0.2) is 9.97 Å². The molecule has 7 heteroatoms. The Labute approximate surface area is 141 Å². The van der Waals surface area contributed by atoms with Gasteiger partial charge in [-0.1, -0.05) is 11.8 Å². The van der Waals surface area contributed by atoms with Gasteiger partial charge in [0.25, 0.3) is 0 Å². The summed E-state index contributed by atoms with van der Waals surface area (Å²) < 4.78 is 0. The zero-order valence-electron chi connectivity index (χ0n) is 13.7. The van der Waals surface area contributed by atoms with Gasteiger partial charge in [0, 0.05) is 30.9 Å². The minimum atomic E-state index is 0.247. The van der Waals surface area contributed by atoms with Crippen LogP contribution in [0.15, 0.2) is 18.3 Å². The third-order valence-electron chi connectivity index (χ3n) is 4.05. The molecule has 0 amide bonds. The summed E-state index contributed by atoms with van der Waals surface area (Å²) in [5, 5.41) is 0. The van der Waals surface area contributed by atoms with E-state index >= 15 is 0 Å². The number of aryl methyl sites for hydroxylation is 1. The summed E-state index contributed by atoms with van der Waals surface area (Å²) in [5.74, 6) is 7.78. The van der Waals surface area contributed by atoms with Gasteiger partial charge >= 0.3 is 0 Å². The summed E-state index contributed by atoms with van der Waals surface area (Å²) in [6.45, 7) is 3.58. The lowest BCUT2D eigenvalue weighted by atomic mass is 10.1. The van der Waals surface area contributed by atoms with Gasteiger partial charge in [0.15, 0.2) is 0 Å². The molecule has 2 aromatic rings. The van der Waals surface area contributed by atoms with Crippen LogP contribution in [0, 0.1) is 18.8 Å². The van der Waals surface area contributed by atoms with Gasteiger partial charge < -0.3 is 22.1 Å². The maximum atomic E-state index is 5.99. The molecule has 7 nitrogen and oxygen atoms in total. The second-order valence-electron chi connectivity index (χ2n) is 5.91. The average Bonchev–Trinajstić information content (AvgIpc) is 2.56. The molecule has 0 saturated carbocycles. The Bertz CT molecular complexity index is 781. The minimum Gasteiger partial charge on any atom is -0.384 e. The molecule has 124 valence electrons. The van der Waals surface area contributed by atoms with E-state index in [0.29, 0.717) is 5.82 Å². The van der Waals surface area contributed by atoms with Crippen molar-refractivity contribution in [3.63, 3.8) is 0 Å². The fourth-order valence-electron chi connectivity index (χ4n) is 2.68. The van der Waals surface area contributed by atoms with Gasteiger partial charge in [0.1, 0.15) is 11.6 Å². The Morgan fingerprint density at radius 1 is 1.12 bits per heavy atom. The van der Waals surface area contributed by atoms with Crippen LogP contribution in [-0.2, 0) is 0 Å². The smallest absolute Gasteiger partial charge is 0.222 e. The van der Waals surface area contributed by atoms with Gasteiger partial charge in [-0.3, -0.25) is 0 Å². The molecule has 1 fully saturated rings. The first-order valence-electron chi connectivity index (χ1n) is 7.91. The number of rotatable bonds is 1. The molecule has 6 N–H and O–H groups in total. The van der Waals surface area contributed by atoms with Crippen molar-refractivity contribution in [2.75, 3.05) is 29.5 Å². The van der Waals surface area contributed by atoms with Crippen LogP contribution in [0.1, 0.15) is 29.7 Å². The monoisotopic (exact) mass is 323 g/mol. The molecule has 3 rings (SSSR count). The standard InChI is InChI=1S/C17H21N7/c1-11-14(4-2-12-3-5-15(19)21-10-12)16(23-17(20)22-11)24-8-6-13(18)7-9-24/h3,5,10,13H,6-9,18H2,1H3,(H2,19,21)(H2,20,22,23). The average molecular weight is 323 g/mol. The summed E-state index contributed by atoms with van der Waals surface area (Å²) in [4.78, 5) is 14.9. The molecular weight excluding hydrogens is 302 g/mol. The number of nitrogens with zero attached hydrogens (tertiary/aromatic N) is 4. The number of pyridine rings is 1. The second kappa shape index (κ2) is 6.72. The van der Waals surface area contributed by atoms with E-state index < -0.39 is 0 Å². The predicted octanol–water partition coefficient (Wildman–Crippen LogP) is 0.672. The van der Waals surface area contributed by atoms with Crippen molar-refractivity contribution >= 4 is 17.6 Å². The number of anilines is 3. The molecule has 0 unspecified atom stereocenters. The molecule has 3 heterocycles. The zero-order chi connectivity index (χ0) is 17.1. The maximum absolute atomic E-state index is 5.99. The Balaban J connectivity index is 1.96. The van der Waals surface area contributed by atoms with Crippen molar-refractivity contribution in [2.45, 2.75) is 25.8 Å². The summed E-state index contributed by atoms with van der Waals surface area (Å²) in [6, 6.07) is 3.81. The first-order chi connectivity index (χ1) is 11.5. The largest absolute Gasteiger partial charge is 0.384 e. The van der Waals surface area contributed by atoms with Crippen molar-refractivity contribution in [3.8, 4) is 11.8 Å². The number of hydrogen-bond donors (Lipinski definition) is 3. The Kier molecular flexibility index (Phi) is 4.49. The molecular formula is C17H21N7. The van der Waals surface area contributed by atoms with Gasteiger partial charge in [-0.15, -0.1) is 0 Å². The van der Waals surface area contributed by atoms with E-state index in [0.717, 1.165) is 48.6 Å². The van der Waals surface area contributed by atoms with Crippen LogP contribution in [0.3, 0.4) is 0 Å². The summed E-state index contributed by atoms with van der Waals surface area (Å²) in [7, 11) is 0. The summed E-state index contributed by atoms with van der Waals surface area (Å²) in [6.07, 6.45) is 3.50. The summed E-state index contributed by atoms with van der Waals surface area (Å²) in [5.41, 5.74) is 19.8. The summed E-state index contributed by atoms with van der Waals surface area (Å²) >= 11 is 0. The molecule has 0 atom stereocenters. The van der Waals surface area contributed by atoms with Crippen LogP contribution >= 0.6 is 0 Å². The van der Waals surface area contributed by atoms with Crippen LogP contribution in [0.5, 0.6) is 0 Å². The highest BCUT2D eigenvalue weighted by molar-refractivity contribution is 5.61. The van der Waals surface area contributed by atoms with Crippen LogP contribution in [-0.4, -0.2) is 34.1 Å². The van der Waals surface area contributed by atoms with E-state index in [2.05, 4.69) is 31.7 Å². The number of nitrogens with two attached hydrogens (primary N) is 3. The lowest BCUT2D eigenvalue weighted by Gasteiger charge is -2.32. The van der Waals surface area contributed by atoms with Gasteiger partial charge in [0.2, 0.25) is 5.95 Å². The van der Waals surface area contributed by atoms with Crippen molar-refractivity contribution in [3.05, 3.63) is 35.2 Å². The highest BCUT2D eigenvalue weighted by Gasteiger charge is 2.21. The third-order valence-corrected chi connectivity index (χ3v) is 4.05. The van der Waals surface area contributed by atoms with Crippen LogP contribution in [0.2, 0.25) is 0 Å². The van der Waals surface area contributed by atoms with Gasteiger partial charge in [-0.05, 0) is 31.9 Å². The molecule has 1 aliphatic heterocycles. The van der Waals surface area contributed by atoms with Crippen molar-refractivity contribution in [1.29, 1.82) is 0 Å². The highest BCUT2D eigenvalue weighted by Crippen LogP contribution is 2.24. The molecule has 0 aliphatic carbocycles. The lowest BCUT2D eigenvalue weighted by molar-refractivity contribution is 0.498. The Morgan fingerprint density at radius 3 is 2.54 bits per heavy atom. The highest BCUT2D eigenvalue weighted by atomic mass is 15.2. The number of aromatic nitrogens is 3. The van der Waals surface area contributed by atoms with E-state index in [1.165, 1.54) is 0 Å². The molecule has 0 radical (unpaired) electrons. The molecule has 0 bridgehead atoms. The first kappa shape index (κ1) is 16.0. The van der Waals surface area contributed by atoms with Crippen molar-refractivity contribution < 1.29 is 0 Å². The third kappa shape index (κ3) is 3.55. The van der Waals surface area contributed by atoms with Crippen LogP contribution < -0.4 is 22.1 Å². The fraction of sp³-hybridized carbons (Fsp3) is 0.353. The molecule has 2 aromatic heterocycles. The minimum absolute atomic E-state index is 0.247. The normalized spacial score (nSPS) is 15.0. The second-order valence-corrected chi connectivity index (χ2v) is 5.91. The number of piperidine rings is 1. The van der Waals surface area contributed by atoms with Crippen molar-refractivity contribution in [1.82, 2.24) is 15.0 Å². The molecule has 0 aromatic carbocycles. The molecule has 24 heavy (non-hydrogen) atoms. The molecule has 1 saturated heterocycles. The van der Waals surface area contributed by atoms with Crippen LogP contribution in [0.25, 0.3) is 0 Å². The van der Waals surface area contributed by atoms with E-state index in [9.17, 15) is 0 Å². The molecule has 0 spiro atoms. The Morgan fingerprint density at radius 2 is 1.88 bits per heavy atom. The maximum Gasteiger partial charge on any atom is 0.222 e. The Hall–Kier alpha value is -2.85. The quantitative estimate of drug-likeness (QED) is 0.660. The predicted molar refractivity (Wildman–Crippen MR) is 95.2 cm³/mol. The van der Waals surface area contributed by atoms with E-state index in [1.54, 1.807) is 12.3 Å². The number of hydrogen-bond acceptors (Lipinski definition) is 7. The zero-order valence-corrected chi connectivity index (χ0v) is 13.7. The van der Waals surface area contributed by atoms with E-state index in [4.69, 9.17) is 17.2 Å². The topological polar surface area (TPSA) is 120 Å². The van der Waals surface area contributed by atoms with Crippen LogP contribution in [0.4, 0.5) is 17.6 Å². The number of nitrogen functional groups attached to an aromatic ring is 2. The van der Waals surface area contributed by atoms with Crippen molar-refractivity contribution in [2.24, 2.45) is 5.73 Å².